The molecule has 0 aliphatic carbocycles. The molecule has 1 aliphatic heterocycles. The number of phenolic OH excluding ortho intramolecular Hbond substituents is 1. The van der Waals surface area contributed by atoms with Crippen LogP contribution in [0.3, 0.4) is 0 Å². The highest BCUT2D eigenvalue weighted by Gasteiger charge is 2.47. The molecule has 3 aromatic carbocycles. The van der Waals surface area contributed by atoms with Crippen LogP contribution in [0.5, 0.6) is 11.5 Å². The number of anilines is 1. The molecule has 0 radical (unpaired) electrons. The number of hydrogen-bond donors (Lipinski definition) is 2. The van der Waals surface area contributed by atoms with Crippen LogP contribution in [0.25, 0.3) is 5.76 Å². The number of aliphatic hydroxyl groups is 1. The summed E-state index contributed by atoms with van der Waals surface area (Å²) in [6.45, 7) is 14.4. The first-order chi connectivity index (χ1) is 18.3. The third-order valence-electron chi connectivity index (χ3n) is 7.24. The Morgan fingerprint density at radius 1 is 1.00 bits per heavy atom. The van der Waals surface area contributed by atoms with Gasteiger partial charge in [0.1, 0.15) is 5.76 Å². The second-order valence-electron chi connectivity index (χ2n) is 11.4. The summed E-state index contributed by atoms with van der Waals surface area (Å²) in [6, 6.07) is 17.2. The van der Waals surface area contributed by atoms with Crippen LogP contribution in [-0.2, 0) is 15.0 Å². The quantitative estimate of drug-likeness (QED) is 0.202. The van der Waals surface area contributed by atoms with Crippen LogP contribution in [0.15, 0.2) is 66.2 Å². The Labute approximate surface area is 230 Å². The van der Waals surface area contributed by atoms with E-state index in [9.17, 15) is 19.8 Å². The van der Waals surface area contributed by atoms with Crippen molar-refractivity contribution < 1.29 is 24.5 Å². The number of ketones is 1. The molecule has 0 bridgehead atoms. The van der Waals surface area contributed by atoms with Crippen LogP contribution in [0, 0.1) is 6.92 Å². The predicted octanol–water partition coefficient (Wildman–Crippen LogP) is 7.15. The maximum absolute atomic E-state index is 13.6. The van der Waals surface area contributed by atoms with Crippen molar-refractivity contribution in [1.82, 2.24) is 0 Å². The van der Waals surface area contributed by atoms with Gasteiger partial charge in [-0.15, -0.1) is 0 Å². The number of benzene rings is 3. The van der Waals surface area contributed by atoms with Crippen molar-refractivity contribution in [2.45, 2.75) is 65.8 Å². The highest BCUT2D eigenvalue weighted by atomic mass is 16.5. The molecule has 204 valence electrons. The number of rotatable bonds is 6. The lowest BCUT2D eigenvalue weighted by molar-refractivity contribution is -0.132. The smallest absolute Gasteiger partial charge is 0.300 e. The molecule has 1 fully saturated rings. The van der Waals surface area contributed by atoms with Gasteiger partial charge in [-0.2, -0.15) is 0 Å². The fourth-order valence-corrected chi connectivity index (χ4v) is 4.89. The summed E-state index contributed by atoms with van der Waals surface area (Å²) in [7, 11) is 0. The molecule has 39 heavy (non-hydrogen) atoms. The van der Waals surface area contributed by atoms with Crippen LogP contribution in [-0.4, -0.2) is 28.5 Å². The minimum atomic E-state index is -0.924. The molecule has 0 saturated carbocycles. The molecule has 1 saturated heterocycles. The van der Waals surface area contributed by atoms with Gasteiger partial charge < -0.3 is 14.9 Å². The van der Waals surface area contributed by atoms with Crippen molar-refractivity contribution >= 4 is 23.1 Å². The first-order valence-corrected chi connectivity index (χ1v) is 13.3. The van der Waals surface area contributed by atoms with E-state index in [1.54, 1.807) is 19.1 Å². The standard InChI is InChI=1S/C33H37NO5/c1-8-39-27-17-22(12-16-26(27)35)29-28(30(36)25-18-23(33(5,6)7)13-9-20(25)4)31(37)32(38)34(29)24-14-10-21(11-15-24)19(2)3/h9-19,29,35-36H,8H2,1-7H3/b30-28+. The van der Waals surface area contributed by atoms with Gasteiger partial charge in [-0.25, -0.2) is 0 Å². The summed E-state index contributed by atoms with van der Waals surface area (Å²) in [4.78, 5) is 28.7. The van der Waals surface area contributed by atoms with Gasteiger partial charge in [0.05, 0.1) is 18.2 Å². The average molecular weight is 528 g/mol. The van der Waals surface area contributed by atoms with Gasteiger partial charge in [-0.05, 0) is 77.8 Å². The molecular formula is C33H37NO5. The normalized spacial score (nSPS) is 17.2. The number of hydrogen-bond acceptors (Lipinski definition) is 5. The molecule has 1 aliphatic rings. The highest BCUT2D eigenvalue weighted by Crippen LogP contribution is 2.44. The Hall–Kier alpha value is -4.06. The molecule has 1 atom stereocenters. The zero-order valence-electron chi connectivity index (χ0n) is 23.7. The summed E-state index contributed by atoms with van der Waals surface area (Å²) >= 11 is 0. The monoisotopic (exact) mass is 527 g/mol. The summed E-state index contributed by atoms with van der Waals surface area (Å²) < 4.78 is 5.61. The van der Waals surface area contributed by atoms with Crippen LogP contribution in [0.2, 0.25) is 0 Å². The molecule has 1 heterocycles. The maximum atomic E-state index is 13.6. The Morgan fingerprint density at radius 3 is 2.26 bits per heavy atom. The summed E-state index contributed by atoms with van der Waals surface area (Å²) in [5.74, 6) is -1.23. The first-order valence-electron chi connectivity index (χ1n) is 13.3. The molecule has 0 spiro atoms. The van der Waals surface area contributed by atoms with Crippen molar-refractivity contribution in [2.24, 2.45) is 0 Å². The molecule has 2 N–H and O–H groups in total. The van der Waals surface area contributed by atoms with Gasteiger partial charge in [-0.3, -0.25) is 14.5 Å². The third-order valence-corrected chi connectivity index (χ3v) is 7.24. The molecule has 3 aromatic rings. The number of aliphatic hydroxyl groups excluding tert-OH is 1. The van der Waals surface area contributed by atoms with Crippen molar-refractivity contribution in [3.05, 3.63) is 94.1 Å². The van der Waals surface area contributed by atoms with Crippen LogP contribution in [0.1, 0.15) is 81.3 Å². The number of nitrogens with zero attached hydrogens (tertiary/aromatic N) is 1. The molecule has 4 rings (SSSR count). The lowest BCUT2D eigenvalue weighted by Crippen LogP contribution is -2.29. The SMILES string of the molecule is CCOc1cc(C2/C(=C(\O)c3cc(C(C)(C)C)ccc3C)C(=O)C(=O)N2c2ccc(C(C)C)cc2)ccc1O. The fraction of sp³-hybridized carbons (Fsp3) is 0.333. The topological polar surface area (TPSA) is 87.1 Å². The lowest BCUT2D eigenvalue weighted by atomic mass is 9.84. The van der Waals surface area contributed by atoms with Crippen LogP contribution >= 0.6 is 0 Å². The Morgan fingerprint density at radius 2 is 1.67 bits per heavy atom. The molecule has 6 nitrogen and oxygen atoms in total. The second kappa shape index (κ2) is 10.6. The van der Waals surface area contributed by atoms with Crippen molar-refractivity contribution in [3.63, 3.8) is 0 Å². The maximum Gasteiger partial charge on any atom is 0.300 e. The largest absolute Gasteiger partial charge is 0.507 e. The summed E-state index contributed by atoms with van der Waals surface area (Å²) in [6.07, 6.45) is 0. The van der Waals surface area contributed by atoms with Gasteiger partial charge in [0.25, 0.3) is 11.7 Å². The van der Waals surface area contributed by atoms with E-state index in [1.165, 1.54) is 11.0 Å². The van der Waals surface area contributed by atoms with E-state index < -0.39 is 17.7 Å². The van der Waals surface area contributed by atoms with Gasteiger partial charge in [0, 0.05) is 11.3 Å². The van der Waals surface area contributed by atoms with E-state index in [1.807, 2.05) is 49.4 Å². The summed E-state index contributed by atoms with van der Waals surface area (Å²) in [5.41, 5.74) is 4.27. The summed E-state index contributed by atoms with van der Waals surface area (Å²) in [5, 5.41) is 22.1. The average Bonchev–Trinajstić information content (AvgIpc) is 3.15. The number of aromatic hydroxyl groups is 1. The first kappa shape index (κ1) is 28.0. The molecular weight excluding hydrogens is 490 g/mol. The van der Waals surface area contributed by atoms with Crippen molar-refractivity contribution in [1.29, 1.82) is 0 Å². The minimum Gasteiger partial charge on any atom is -0.507 e. The van der Waals surface area contributed by atoms with E-state index in [0.29, 0.717) is 29.3 Å². The van der Waals surface area contributed by atoms with Gasteiger partial charge in [-0.1, -0.05) is 65.0 Å². The Kier molecular flexibility index (Phi) is 7.60. The van der Waals surface area contributed by atoms with Crippen LogP contribution in [0.4, 0.5) is 5.69 Å². The van der Waals surface area contributed by atoms with E-state index in [4.69, 9.17) is 4.74 Å². The molecule has 6 heteroatoms. The van der Waals surface area contributed by atoms with Gasteiger partial charge in [0.15, 0.2) is 11.5 Å². The van der Waals surface area contributed by atoms with Crippen LogP contribution < -0.4 is 9.64 Å². The van der Waals surface area contributed by atoms with Gasteiger partial charge >= 0.3 is 0 Å². The Bertz CT molecular complexity index is 1440. The van der Waals surface area contributed by atoms with Crippen molar-refractivity contribution in [3.8, 4) is 11.5 Å². The Balaban J connectivity index is 1.98. The second-order valence-corrected chi connectivity index (χ2v) is 11.4. The number of carbonyl (C=O) groups is 2. The zero-order chi connectivity index (χ0) is 28.6. The number of phenols is 1. The minimum absolute atomic E-state index is 0.00441. The third kappa shape index (κ3) is 5.29. The van der Waals surface area contributed by atoms with E-state index in [2.05, 4.69) is 34.6 Å². The highest BCUT2D eigenvalue weighted by molar-refractivity contribution is 6.51. The number of aryl methyl sites for hydroxylation is 1. The fourth-order valence-electron chi connectivity index (χ4n) is 4.89. The number of ether oxygens (including phenoxy) is 1. The van der Waals surface area contributed by atoms with Gasteiger partial charge in [0.2, 0.25) is 0 Å². The molecule has 1 amide bonds. The number of Topliss-reactive ketones (excluding diaryl/α,β-unsaturated/α-hetero) is 1. The molecule has 1 unspecified atom stereocenters. The van der Waals surface area contributed by atoms with Crippen molar-refractivity contribution in [2.75, 3.05) is 11.5 Å². The predicted molar refractivity (Wildman–Crippen MR) is 154 cm³/mol. The van der Waals surface area contributed by atoms with E-state index in [-0.39, 0.29) is 28.2 Å². The lowest BCUT2D eigenvalue weighted by Gasteiger charge is -2.26. The number of amides is 1. The zero-order valence-corrected chi connectivity index (χ0v) is 23.7. The van der Waals surface area contributed by atoms with E-state index in [0.717, 1.165) is 16.7 Å². The van der Waals surface area contributed by atoms with E-state index >= 15 is 0 Å². The number of carbonyl (C=O) groups excluding carboxylic acids is 2. The molecule has 0 aromatic heterocycles.